The molecule has 2 aromatic carbocycles. The number of rotatable bonds is 2. The van der Waals surface area contributed by atoms with Crippen LogP contribution < -0.4 is 5.43 Å². The third-order valence-electron chi connectivity index (χ3n) is 3.00. The molecule has 5 heteroatoms. The van der Waals surface area contributed by atoms with Crippen LogP contribution in [0.4, 0.5) is 5.69 Å². The van der Waals surface area contributed by atoms with Crippen molar-refractivity contribution in [1.82, 2.24) is 0 Å². The van der Waals surface area contributed by atoms with E-state index >= 15 is 0 Å². The molecule has 0 fully saturated rings. The van der Waals surface area contributed by atoms with Crippen molar-refractivity contribution in [1.29, 1.82) is 0 Å². The number of benzene rings is 2. The van der Waals surface area contributed by atoms with Gasteiger partial charge in [-0.15, -0.1) is 0 Å². The molecule has 3 rings (SSSR count). The summed E-state index contributed by atoms with van der Waals surface area (Å²) in [6.45, 7) is 0. The van der Waals surface area contributed by atoms with Gasteiger partial charge in [-0.2, -0.15) is 0 Å². The number of fused-ring (bicyclic) bond motifs is 1. The van der Waals surface area contributed by atoms with E-state index in [0.717, 1.165) is 19.6 Å². The Labute approximate surface area is 120 Å². The molecule has 0 atom stereocenters. The van der Waals surface area contributed by atoms with Crippen molar-refractivity contribution in [3.63, 3.8) is 0 Å². The predicted octanol–water partition coefficient (Wildman–Crippen LogP) is 2.83. The Hall–Kier alpha value is -2.23. The summed E-state index contributed by atoms with van der Waals surface area (Å²) in [6.07, 6.45) is 0. The van der Waals surface area contributed by atoms with E-state index in [2.05, 4.69) is 0 Å². The van der Waals surface area contributed by atoms with Gasteiger partial charge in [0, 0.05) is 0 Å². The van der Waals surface area contributed by atoms with E-state index in [1.807, 2.05) is 24.3 Å². The summed E-state index contributed by atoms with van der Waals surface area (Å²) >= 11 is 0.0423. The van der Waals surface area contributed by atoms with Crippen LogP contribution in [-0.2, 0) is 0 Å². The molecule has 0 unspecified atom stereocenters. The van der Waals surface area contributed by atoms with E-state index in [0.29, 0.717) is 0 Å². The zero-order valence-corrected chi connectivity index (χ0v) is 12.0. The Kier molecular flexibility index (Phi) is 3.22. The minimum absolute atomic E-state index is 0.00192. The molecule has 20 heavy (non-hydrogen) atoms. The zero-order chi connectivity index (χ0) is 14.1. The molecule has 0 aliphatic carbocycles. The molecule has 0 N–H and O–H groups in total. The first-order valence-corrected chi connectivity index (χ1v) is 7.64. The van der Waals surface area contributed by atoms with Gasteiger partial charge in [-0.05, 0) is 0 Å². The van der Waals surface area contributed by atoms with Crippen LogP contribution in [0.2, 0.25) is 0 Å². The molecule has 0 spiro atoms. The Morgan fingerprint density at radius 2 is 1.70 bits per heavy atom. The third kappa shape index (κ3) is 2.29. The van der Waals surface area contributed by atoms with Crippen molar-refractivity contribution in [2.75, 3.05) is 0 Å². The van der Waals surface area contributed by atoms with Gasteiger partial charge in [0.15, 0.2) is 0 Å². The van der Waals surface area contributed by atoms with Gasteiger partial charge in [-0.1, -0.05) is 0 Å². The van der Waals surface area contributed by atoms with E-state index in [4.69, 9.17) is 0 Å². The monoisotopic (exact) mass is 331 g/mol. The fourth-order valence-corrected chi connectivity index (χ4v) is 4.26. The second-order valence-corrected chi connectivity index (χ2v) is 6.55. The molecular weight excluding hydrogens is 321 g/mol. The Morgan fingerprint density at radius 1 is 1.00 bits per heavy atom. The van der Waals surface area contributed by atoms with Crippen LogP contribution >= 0.6 is 0 Å². The molecule has 3 aromatic rings. The Bertz CT molecular complexity index is 853. The summed E-state index contributed by atoms with van der Waals surface area (Å²) in [7, 11) is 0. The molecule has 1 aromatic heterocycles. The average molecular weight is 330 g/mol. The first-order valence-electron chi connectivity index (χ1n) is 5.93. The van der Waals surface area contributed by atoms with Gasteiger partial charge in [-0.25, -0.2) is 0 Å². The Balaban J connectivity index is 2.14. The fourth-order valence-electron chi connectivity index (χ4n) is 1.99. The predicted molar refractivity (Wildman–Crippen MR) is 79.2 cm³/mol. The molecule has 0 radical (unpaired) electrons. The summed E-state index contributed by atoms with van der Waals surface area (Å²) in [6, 6.07) is 15.6. The van der Waals surface area contributed by atoms with Crippen LogP contribution in [0.5, 0.6) is 0 Å². The molecule has 0 bridgehead atoms. The van der Waals surface area contributed by atoms with Gasteiger partial charge < -0.3 is 0 Å². The van der Waals surface area contributed by atoms with E-state index in [9.17, 15) is 14.9 Å². The second kappa shape index (κ2) is 5.04. The van der Waals surface area contributed by atoms with Crippen LogP contribution in [0.1, 0.15) is 0 Å². The molecular formula is C15H9NO3Se. The fraction of sp³-hybridized carbons (Fsp3) is 0. The second-order valence-electron chi connectivity index (χ2n) is 4.28. The van der Waals surface area contributed by atoms with Gasteiger partial charge in [-0.3, -0.25) is 0 Å². The number of non-ortho nitro benzene ring substituents is 1. The zero-order valence-electron chi connectivity index (χ0n) is 10.3. The molecule has 0 saturated heterocycles. The number of nitro benzene ring substituents is 1. The number of hydrogen-bond donors (Lipinski definition) is 0. The van der Waals surface area contributed by atoms with Gasteiger partial charge in [0.25, 0.3) is 0 Å². The Morgan fingerprint density at radius 3 is 2.40 bits per heavy atom. The molecule has 0 aliphatic heterocycles. The van der Waals surface area contributed by atoms with E-state index in [-0.39, 0.29) is 25.6 Å². The molecule has 0 aliphatic rings. The summed E-state index contributed by atoms with van der Waals surface area (Å²) in [5, 5.41) is 11.4. The van der Waals surface area contributed by atoms with E-state index < -0.39 is 4.92 Å². The summed E-state index contributed by atoms with van der Waals surface area (Å²) in [5.41, 5.74) is 0.935. The normalized spacial score (nSPS) is 10.6. The van der Waals surface area contributed by atoms with Gasteiger partial charge in [0.2, 0.25) is 0 Å². The summed E-state index contributed by atoms with van der Waals surface area (Å²) < 4.78 is 2.01. The van der Waals surface area contributed by atoms with Crippen molar-refractivity contribution in [3.8, 4) is 10.0 Å². The average Bonchev–Trinajstić information content (AvgIpc) is 2.47. The van der Waals surface area contributed by atoms with Crippen LogP contribution in [0.25, 0.3) is 19.6 Å². The maximum atomic E-state index is 12.1. The van der Waals surface area contributed by atoms with Crippen LogP contribution in [-0.4, -0.2) is 19.4 Å². The first-order chi connectivity index (χ1) is 9.65. The van der Waals surface area contributed by atoms with Crippen molar-refractivity contribution in [2.24, 2.45) is 0 Å². The number of nitro groups is 1. The summed E-state index contributed by atoms with van der Waals surface area (Å²) in [4.78, 5) is 22.3. The first kappa shape index (κ1) is 12.8. The third-order valence-corrected chi connectivity index (χ3v) is 5.41. The van der Waals surface area contributed by atoms with Crippen LogP contribution in [0.3, 0.4) is 0 Å². The molecule has 0 amide bonds. The van der Waals surface area contributed by atoms with Crippen molar-refractivity contribution < 1.29 is 4.92 Å². The molecule has 4 nitrogen and oxygen atoms in total. The number of hydrogen-bond acceptors (Lipinski definition) is 3. The molecule has 1 heterocycles. The summed E-state index contributed by atoms with van der Waals surface area (Å²) in [5.74, 6) is 0. The SMILES string of the molecule is O=c1cc(-c2ccc([N+](=O)[O-])cc2)[se]c2ccccc12. The number of nitrogens with zero attached hydrogens (tertiary/aromatic N) is 1. The van der Waals surface area contributed by atoms with Crippen molar-refractivity contribution in [3.05, 3.63) is 74.9 Å². The topological polar surface area (TPSA) is 60.2 Å². The van der Waals surface area contributed by atoms with Crippen LogP contribution in [0, 0.1) is 10.1 Å². The van der Waals surface area contributed by atoms with Crippen LogP contribution in [0.15, 0.2) is 59.4 Å². The van der Waals surface area contributed by atoms with Gasteiger partial charge in [0.05, 0.1) is 0 Å². The van der Waals surface area contributed by atoms with Gasteiger partial charge in [0.1, 0.15) is 0 Å². The van der Waals surface area contributed by atoms with Gasteiger partial charge >= 0.3 is 120 Å². The van der Waals surface area contributed by atoms with Crippen molar-refractivity contribution in [2.45, 2.75) is 0 Å². The van der Waals surface area contributed by atoms with E-state index in [1.165, 1.54) is 12.1 Å². The van der Waals surface area contributed by atoms with Crippen molar-refractivity contribution >= 4 is 29.8 Å². The molecule has 0 saturated carbocycles. The molecule has 98 valence electrons. The quantitative estimate of drug-likeness (QED) is 0.412. The minimum atomic E-state index is -0.426. The maximum absolute atomic E-state index is 12.1. The van der Waals surface area contributed by atoms with E-state index in [1.54, 1.807) is 18.2 Å². The standard InChI is InChI=1S/C15H9NO3Se/c17-13-9-15(20-14-4-2-1-3-12(13)14)10-5-7-11(8-6-10)16(18)19/h1-9H.